The van der Waals surface area contributed by atoms with Crippen molar-refractivity contribution in [2.45, 2.75) is 0 Å². The molecule has 28 heavy (non-hydrogen) atoms. The smallest absolute Gasteiger partial charge is 0.343 e. The van der Waals surface area contributed by atoms with E-state index < -0.39 is 17.7 Å². The largest absolute Gasteiger partial charge is 0.423 e. The summed E-state index contributed by atoms with van der Waals surface area (Å²) in [4.78, 5) is 27.8. The molecule has 0 fully saturated rings. The number of nitrogens with one attached hydrogen (secondary N) is 1. The van der Waals surface area contributed by atoms with Crippen molar-refractivity contribution in [2.75, 3.05) is 0 Å². The average molecular weight is 442 g/mol. The Labute approximate surface area is 168 Å². The third kappa shape index (κ3) is 5.31. The number of ether oxygens (including phenoxy) is 1. The van der Waals surface area contributed by atoms with Crippen LogP contribution in [0.1, 0.15) is 26.3 Å². The van der Waals surface area contributed by atoms with E-state index in [1.165, 1.54) is 30.6 Å². The van der Waals surface area contributed by atoms with Crippen molar-refractivity contribution in [2.24, 2.45) is 5.10 Å². The molecule has 1 N–H and O–H groups in total. The molecule has 1 amide bonds. The van der Waals surface area contributed by atoms with Crippen LogP contribution < -0.4 is 10.2 Å². The maximum absolute atomic E-state index is 13.2. The number of esters is 1. The maximum Gasteiger partial charge on any atom is 0.343 e. The highest BCUT2D eigenvalue weighted by Crippen LogP contribution is 2.14. The van der Waals surface area contributed by atoms with Crippen LogP contribution >= 0.6 is 15.9 Å². The van der Waals surface area contributed by atoms with E-state index >= 15 is 0 Å². The predicted molar refractivity (Wildman–Crippen MR) is 105 cm³/mol. The third-order valence-corrected chi connectivity index (χ3v) is 3.93. The topological polar surface area (TPSA) is 80.6 Å². The fraction of sp³-hybridized carbons (Fsp3) is 0. The highest BCUT2D eigenvalue weighted by atomic mass is 79.9. The van der Waals surface area contributed by atoms with Gasteiger partial charge in [0.1, 0.15) is 11.6 Å². The molecule has 140 valence electrons. The number of hydrazone groups is 1. The number of hydrogen-bond acceptors (Lipinski definition) is 5. The normalized spacial score (nSPS) is 10.6. The van der Waals surface area contributed by atoms with Crippen LogP contribution in [-0.4, -0.2) is 23.1 Å². The van der Waals surface area contributed by atoms with E-state index in [9.17, 15) is 14.0 Å². The monoisotopic (exact) mass is 441 g/mol. The van der Waals surface area contributed by atoms with Gasteiger partial charge in [0.15, 0.2) is 0 Å². The summed E-state index contributed by atoms with van der Waals surface area (Å²) in [6.45, 7) is 0. The summed E-state index contributed by atoms with van der Waals surface area (Å²) in [6, 6.07) is 13.3. The highest BCUT2D eigenvalue weighted by Gasteiger charge is 2.09. The summed E-state index contributed by atoms with van der Waals surface area (Å²) in [6.07, 6.45) is 4.45. The molecule has 0 bridgehead atoms. The first kappa shape index (κ1) is 19.4. The Hall–Kier alpha value is -3.39. The Morgan fingerprint density at radius 1 is 1.07 bits per heavy atom. The summed E-state index contributed by atoms with van der Waals surface area (Å²) in [5, 5.41) is 3.88. The van der Waals surface area contributed by atoms with Crippen molar-refractivity contribution < 1.29 is 18.7 Å². The molecule has 1 aromatic heterocycles. The molecular weight excluding hydrogens is 429 g/mol. The second kappa shape index (κ2) is 9.01. The van der Waals surface area contributed by atoms with Gasteiger partial charge in [-0.15, -0.1) is 0 Å². The zero-order chi connectivity index (χ0) is 19.9. The Morgan fingerprint density at radius 3 is 2.57 bits per heavy atom. The Bertz CT molecular complexity index is 1040. The summed E-state index contributed by atoms with van der Waals surface area (Å²) in [5.74, 6) is -1.26. The van der Waals surface area contributed by atoms with Crippen LogP contribution in [-0.2, 0) is 0 Å². The SMILES string of the molecule is O=C(NN=Cc1ccc(OC(=O)c2cccc(F)c2)cc1)c1cncc(Br)c1. The van der Waals surface area contributed by atoms with Gasteiger partial charge in [0.2, 0.25) is 0 Å². The van der Waals surface area contributed by atoms with Crippen LogP contribution in [0.15, 0.2) is 76.6 Å². The number of rotatable bonds is 5. The van der Waals surface area contributed by atoms with Crippen molar-refractivity contribution in [3.05, 3.63) is 94.0 Å². The van der Waals surface area contributed by atoms with Crippen molar-refractivity contribution in [1.29, 1.82) is 0 Å². The zero-order valence-corrected chi connectivity index (χ0v) is 15.9. The molecule has 6 nitrogen and oxygen atoms in total. The second-order valence-corrected chi connectivity index (χ2v) is 6.48. The number of benzene rings is 2. The van der Waals surface area contributed by atoms with Crippen LogP contribution in [0.2, 0.25) is 0 Å². The van der Waals surface area contributed by atoms with Gasteiger partial charge in [0, 0.05) is 16.9 Å². The van der Waals surface area contributed by atoms with Crippen LogP contribution in [0, 0.1) is 5.82 Å². The van der Waals surface area contributed by atoms with Gasteiger partial charge in [-0.25, -0.2) is 14.6 Å². The molecule has 0 saturated carbocycles. The first-order chi connectivity index (χ1) is 13.5. The number of hydrogen-bond donors (Lipinski definition) is 1. The van der Waals surface area contributed by atoms with E-state index in [-0.39, 0.29) is 5.56 Å². The van der Waals surface area contributed by atoms with E-state index in [0.717, 1.165) is 6.07 Å². The van der Waals surface area contributed by atoms with Gasteiger partial charge in [-0.3, -0.25) is 9.78 Å². The maximum atomic E-state index is 13.2. The molecule has 1 heterocycles. The Balaban J connectivity index is 1.57. The molecular formula is C20H13BrFN3O3. The lowest BCUT2D eigenvalue weighted by molar-refractivity contribution is 0.0734. The lowest BCUT2D eigenvalue weighted by atomic mass is 10.2. The number of amides is 1. The zero-order valence-electron chi connectivity index (χ0n) is 14.3. The van der Waals surface area contributed by atoms with E-state index in [1.807, 2.05) is 0 Å². The lowest BCUT2D eigenvalue weighted by Gasteiger charge is -2.04. The van der Waals surface area contributed by atoms with Gasteiger partial charge in [0.25, 0.3) is 5.91 Å². The van der Waals surface area contributed by atoms with Crippen molar-refractivity contribution in [3.8, 4) is 5.75 Å². The summed E-state index contributed by atoms with van der Waals surface area (Å²) >= 11 is 3.24. The van der Waals surface area contributed by atoms with Crippen molar-refractivity contribution >= 4 is 34.0 Å². The van der Waals surface area contributed by atoms with Crippen LogP contribution in [0.3, 0.4) is 0 Å². The van der Waals surface area contributed by atoms with Gasteiger partial charge in [-0.2, -0.15) is 5.10 Å². The number of halogens is 2. The fourth-order valence-corrected chi connectivity index (χ4v) is 2.53. The number of carbonyl (C=O) groups is 2. The van der Waals surface area contributed by atoms with Gasteiger partial charge in [0.05, 0.1) is 17.3 Å². The van der Waals surface area contributed by atoms with Gasteiger partial charge in [-0.05, 0) is 70.0 Å². The molecule has 0 spiro atoms. The third-order valence-electron chi connectivity index (χ3n) is 3.50. The number of aromatic nitrogens is 1. The molecule has 0 atom stereocenters. The second-order valence-electron chi connectivity index (χ2n) is 5.56. The average Bonchev–Trinajstić information content (AvgIpc) is 2.69. The van der Waals surface area contributed by atoms with Crippen molar-refractivity contribution in [1.82, 2.24) is 10.4 Å². The number of pyridine rings is 1. The standard InChI is InChI=1S/C20H13BrFN3O3/c21-16-8-15(11-23-12-16)19(26)25-24-10-13-4-6-18(7-5-13)28-20(27)14-2-1-3-17(22)9-14/h1-12H,(H,25,26). The molecule has 0 saturated heterocycles. The molecule has 8 heteroatoms. The predicted octanol–water partition coefficient (Wildman–Crippen LogP) is 3.97. The minimum absolute atomic E-state index is 0.121. The van der Waals surface area contributed by atoms with E-state index in [4.69, 9.17) is 4.74 Å². The molecule has 0 aliphatic rings. The molecule has 3 aromatic rings. The first-order valence-corrected chi connectivity index (χ1v) is 8.82. The lowest BCUT2D eigenvalue weighted by Crippen LogP contribution is -2.17. The van der Waals surface area contributed by atoms with Gasteiger partial charge < -0.3 is 4.74 Å². The summed E-state index contributed by atoms with van der Waals surface area (Å²) in [5.41, 5.74) is 3.56. The van der Waals surface area contributed by atoms with E-state index in [1.54, 1.807) is 36.5 Å². The first-order valence-electron chi connectivity index (χ1n) is 8.03. The van der Waals surface area contributed by atoms with E-state index in [2.05, 4.69) is 31.4 Å². The summed E-state index contributed by atoms with van der Waals surface area (Å²) in [7, 11) is 0. The quantitative estimate of drug-likeness (QED) is 0.281. The van der Waals surface area contributed by atoms with Crippen LogP contribution in [0.4, 0.5) is 4.39 Å². The minimum Gasteiger partial charge on any atom is -0.423 e. The minimum atomic E-state index is -0.657. The van der Waals surface area contributed by atoms with Crippen LogP contribution in [0.5, 0.6) is 5.75 Å². The Morgan fingerprint density at radius 2 is 1.86 bits per heavy atom. The fourth-order valence-electron chi connectivity index (χ4n) is 2.17. The van der Waals surface area contributed by atoms with E-state index in [0.29, 0.717) is 21.3 Å². The van der Waals surface area contributed by atoms with Gasteiger partial charge in [-0.1, -0.05) is 6.07 Å². The molecule has 0 radical (unpaired) electrons. The van der Waals surface area contributed by atoms with Crippen molar-refractivity contribution in [3.63, 3.8) is 0 Å². The summed E-state index contributed by atoms with van der Waals surface area (Å²) < 4.78 is 19.0. The molecule has 0 aliphatic heterocycles. The number of carbonyl (C=O) groups excluding carboxylic acids is 2. The Kier molecular flexibility index (Phi) is 6.23. The molecule has 0 unspecified atom stereocenters. The molecule has 0 aliphatic carbocycles. The molecule has 2 aromatic carbocycles. The van der Waals surface area contributed by atoms with Gasteiger partial charge >= 0.3 is 5.97 Å². The molecule has 3 rings (SSSR count). The van der Waals surface area contributed by atoms with Crippen LogP contribution in [0.25, 0.3) is 0 Å². The highest BCUT2D eigenvalue weighted by molar-refractivity contribution is 9.10. The number of nitrogens with zero attached hydrogens (tertiary/aromatic N) is 2.